The summed E-state index contributed by atoms with van der Waals surface area (Å²) in [6.07, 6.45) is 4.78. The molecule has 0 bridgehead atoms. The molecule has 0 unspecified atom stereocenters. The highest BCUT2D eigenvalue weighted by Crippen LogP contribution is 2.32. The number of aryl methyl sites for hydroxylation is 1. The van der Waals surface area contributed by atoms with Crippen molar-refractivity contribution in [2.24, 2.45) is 0 Å². The summed E-state index contributed by atoms with van der Waals surface area (Å²) in [7, 11) is -3.14. The molecular formula is C14H16N2O2S2. The fourth-order valence-corrected chi connectivity index (χ4v) is 3.12. The molecule has 0 spiro atoms. The smallest absolute Gasteiger partial charge is 0.188 e. The van der Waals surface area contributed by atoms with E-state index in [1.807, 2.05) is 26.0 Å². The van der Waals surface area contributed by atoms with Crippen molar-refractivity contribution < 1.29 is 8.42 Å². The largest absolute Gasteiger partial charge is 0.231 e. The summed E-state index contributed by atoms with van der Waals surface area (Å²) in [5.41, 5.74) is 2.08. The van der Waals surface area contributed by atoms with E-state index in [1.165, 1.54) is 6.26 Å². The average Bonchev–Trinajstić information content (AvgIpc) is 2.40. The van der Waals surface area contributed by atoms with Gasteiger partial charge in [-0.3, -0.25) is 0 Å². The SMILES string of the molecule is Cc1cnc(S[C@H](C)c2ccc(S(C)(=O)=O)cc2)nc1. The average molecular weight is 308 g/mol. The van der Waals surface area contributed by atoms with Gasteiger partial charge >= 0.3 is 0 Å². The van der Waals surface area contributed by atoms with Crippen molar-refractivity contribution in [3.8, 4) is 0 Å². The first kappa shape index (κ1) is 15.0. The Morgan fingerprint density at radius 1 is 1.10 bits per heavy atom. The third kappa shape index (κ3) is 3.80. The summed E-state index contributed by atoms with van der Waals surface area (Å²) < 4.78 is 22.8. The highest BCUT2D eigenvalue weighted by Gasteiger charge is 2.11. The summed E-state index contributed by atoms with van der Waals surface area (Å²) in [6, 6.07) is 6.94. The van der Waals surface area contributed by atoms with Crippen LogP contribution >= 0.6 is 11.8 Å². The zero-order valence-electron chi connectivity index (χ0n) is 11.6. The third-order valence-electron chi connectivity index (χ3n) is 2.82. The van der Waals surface area contributed by atoms with E-state index in [2.05, 4.69) is 9.97 Å². The second-order valence-electron chi connectivity index (χ2n) is 4.64. The van der Waals surface area contributed by atoms with Crippen LogP contribution < -0.4 is 0 Å². The summed E-state index contributed by atoms with van der Waals surface area (Å²) in [5, 5.41) is 0.876. The molecule has 106 valence electrons. The van der Waals surface area contributed by atoms with Gasteiger partial charge in [-0.05, 0) is 37.1 Å². The number of nitrogens with zero attached hydrogens (tertiary/aromatic N) is 2. The molecule has 0 aliphatic carbocycles. The Morgan fingerprint density at radius 3 is 2.15 bits per heavy atom. The number of rotatable bonds is 4. The quantitative estimate of drug-likeness (QED) is 0.642. The zero-order valence-corrected chi connectivity index (χ0v) is 13.2. The molecule has 0 saturated carbocycles. The molecule has 2 aromatic rings. The molecule has 0 fully saturated rings. The summed E-state index contributed by atoms with van der Waals surface area (Å²) in [5.74, 6) is 0. The molecule has 4 nitrogen and oxygen atoms in total. The van der Waals surface area contributed by atoms with Gasteiger partial charge in [-0.15, -0.1) is 0 Å². The second kappa shape index (κ2) is 5.93. The fraction of sp³-hybridized carbons (Fsp3) is 0.286. The van der Waals surface area contributed by atoms with E-state index in [1.54, 1.807) is 36.3 Å². The summed E-state index contributed by atoms with van der Waals surface area (Å²) >= 11 is 1.55. The number of aromatic nitrogens is 2. The number of hydrogen-bond acceptors (Lipinski definition) is 5. The predicted octanol–water partition coefficient (Wildman–Crippen LogP) is 3.04. The molecule has 1 aromatic heterocycles. The van der Waals surface area contributed by atoms with Crippen molar-refractivity contribution in [2.45, 2.75) is 29.1 Å². The van der Waals surface area contributed by atoms with Crippen LogP contribution in [0, 0.1) is 6.92 Å². The maximum atomic E-state index is 11.4. The minimum atomic E-state index is -3.14. The molecule has 1 aromatic carbocycles. The van der Waals surface area contributed by atoms with Crippen LogP contribution in [0.2, 0.25) is 0 Å². The van der Waals surface area contributed by atoms with E-state index in [0.29, 0.717) is 4.90 Å². The lowest BCUT2D eigenvalue weighted by Gasteiger charge is -2.11. The number of hydrogen-bond donors (Lipinski definition) is 0. The lowest BCUT2D eigenvalue weighted by Crippen LogP contribution is -1.98. The van der Waals surface area contributed by atoms with Gasteiger partial charge in [0.05, 0.1) is 4.90 Å². The van der Waals surface area contributed by atoms with Crippen LogP contribution in [0.15, 0.2) is 46.7 Å². The van der Waals surface area contributed by atoms with Crippen molar-refractivity contribution in [1.29, 1.82) is 0 Å². The second-order valence-corrected chi connectivity index (χ2v) is 7.97. The topological polar surface area (TPSA) is 59.9 Å². The monoisotopic (exact) mass is 308 g/mol. The lowest BCUT2D eigenvalue weighted by molar-refractivity contribution is 0.602. The molecule has 1 atom stereocenters. The molecule has 0 aliphatic rings. The van der Waals surface area contributed by atoms with Crippen molar-refractivity contribution in [2.75, 3.05) is 6.26 Å². The van der Waals surface area contributed by atoms with Crippen LogP contribution in [0.4, 0.5) is 0 Å². The molecule has 2 rings (SSSR count). The van der Waals surface area contributed by atoms with Gasteiger partial charge in [0, 0.05) is 23.9 Å². The Kier molecular flexibility index (Phi) is 4.45. The van der Waals surface area contributed by atoms with Crippen molar-refractivity contribution in [3.63, 3.8) is 0 Å². The van der Waals surface area contributed by atoms with Crippen molar-refractivity contribution in [1.82, 2.24) is 9.97 Å². The van der Waals surface area contributed by atoms with Gasteiger partial charge in [0.1, 0.15) is 0 Å². The molecule has 0 N–H and O–H groups in total. The maximum Gasteiger partial charge on any atom is 0.188 e. The van der Waals surface area contributed by atoms with E-state index >= 15 is 0 Å². The summed E-state index contributed by atoms with van der Waals surface area (Å²) in [6.45, 7) is 3.99. The minimum Gasteiger partial charge on any atom is -0.231 e. The lowest BCUT2D eigenvalue weighted by atomic mass is 10.2. The van der Waals surface area contributed by atoms with Gasteiger partial charge < -0.3 is 0 Å². The fourth-order valence-electron chi connectivity index (χ4n) is 1.65. The predicted molar refractivity (Wildman–Crippen MR) is 80.6 cm³/mol. The Morgan fingerprint density at radius 2 is 1.65 bits per heavy atom. The zero-order chi connectivity index (χ0) is 14.8. The van der Waals surface area contributed by atoms with Gasteiger partial charge in [0.25, 0.3) is 0 Å². The van der Waals surface area contributed by atoms with E-state index in [9.17, 15) is 8.42 Å². The first-order valence-corrected chi connectivity index (χ1v) is 8.88. The Labute approximate surface area is 123 Å². The van der Waals surface area contributed by atoms with Gasteiger partial charge in [0.2, 0.25) is 0 Å². The van der Waals surface area contributed by atoms with E-state index in [0.717, 1.165) is 16.3 Å². The molecule has 0 radical (unpaired) electrons. The van der Waals surface area contributed by atoms with Crippen LogP contribution in [0.1, 0.15) is 23.3 Å². The van der Waals surface area contributed by atoms with E-state index in [4.69, 9.17) is 0 Å². The molecule has 0 amide bonds. The molecule has 20 heavy (non-hydrogen) atoms. The van der Waals surface area contributed by atoms with Gasteiger partial charge in [-0.25, -0.2) is 18.4 Å². The number of thioether (sulfide) groups is 1. The minimum absolute atomic E-state index is 0.159. The number of sulfone groups is 1. The standard InChI is InChI=1S/C14H16N2O2S2/c1-10-8-15-14(16-9-10)19-11(2)12-4-6-13(7-5-12)20(3,17)18/h4-9,11H,1-3H3/t11-/m1/s1. The molecule has 1 heterocycles. The molecular weight excluding hydrogens is 292 g/mol. The van der Waals surface area contributed by atoms with Crippen LogP contribution in [0.3, 0.4) is 0 Å². The van der Waals surface area contributed by atoms with Crippen LogP contribution in [0.5, 0.6) is 0 Å². The van der Waals surface area contributed by atoms with Gasteiger partial charge in [-0.1, -0.05) is 23.9 Å². The molecule has 6 heteroatoms. The number of benzene rings is 1. The highest BCUT2D eigenvalue weighted by molar-refractivity contribution is 7.99. The first-order valence-electron chi connectivity index (χ1n) is 6.11. The van der Waals surface area contributed by atoms with Gasteiger partial charge in [-0.2, -0.15) is 0 Å². The van der Waals surface area contributed by atoms with Crippen molar-refractivity contribution >= 4 is 21.6 Å². The maximum absolute atomic E-state index is 11.4. The highest BCUT2D eigenvalue weighted by atomic mass is 32.2. The van der Waals surface area contributed by atoms with E-state index < -0.39 is 9.84 Å². The molecule has 0 aliphatic heterocycles. The van der Waals surface area contributed by atoms with Crippen molar-refractivity contribution in [3.05, 3.63) is 47.8 Å². The Balaban J connectivity index is 2.13. The van der Waals surface area contributed by atoms with Crippen LogP contribution in [0.25, 0.3) is 0 Å². The van der Waals surface area contributed by atoms with Crippen LogP contribution in [-0.4, -0.2) is 24.6 Å². The van der Waals surface area contributed by atoms with E-state index in [-0.39, 0.29) is 5.25 Å². The third-order valence-corrected chi connectivity index (χ3v) is 4.99. The first-order chi connectivity index (χ1) is 9.36. The van der Waals surface area contributed by atoms with Gasteiger partial charge in [0.15, 0.2) is 15.0 Å². The molecule has 0 saturated heterocycles. The Bertz CT molecular complexity index is 680. The van der Waals surface area contributed by atoms with Crippen LogP contribution in [-0.2, 0) is 9.84 Å². The normalized spacial score (nSPS) is 13.2. The summed E-state index contributed by atoms with van der Waals surface area (Å²) in [4.78, 5) is 8.85. The Hall–Kier alpha value is -1.40.